The number of halogens is 1. The van der Waals surface area contributed by atoms with E-state index in [1.807, 2.05) is 18.2 Å². The van der Waals surface area contributed by atoms with E-state index in [1.54, 1.807) is 13.0 Å². The lowest BCUT2D eigenvalue weighted by atomic mass is 10.0. The van der Waals surface area contributed by atoms with Crippen LogP contribution in [0.3, 0.4) is 0 Å². The van der Waals surface area contributed by atoms with Crippen molar-refractivity contribution in [2.75, 3.05) is 6.54 Å². The van der Waals surface area contributed by atoms with E-state index in [2.05, 4.69) is 0 Å². The summed E-state index contributed by atoms with van der Waals surface area (Å²) < 4.78 is 0. The molecule has 1 amide bonds. The third-order valence-corrected chi connectivity index (χ3v) is 5.17. The van der Waals surface area contributed by atoms with Crippen molar-refractivity contribution in [3.05, 3.63) is 29.3 Å². The molecule has 0 radical (unpaired) electrons. The van der Waals surface area contributed by atoms with Gasteiger partial charge in [-0.3, -0.25) is 4.79 Å². The molecule has 0 aromatic heterocycles. The molecule has 0 spiro atoms. The van der Waals surface area contributed by atoms with Crippen LogP contribution in [0.1, 0.15) is 26.2 Å². The Morgan fingerprint density at radius 2 is 2.10 bits per heavy atom. The molecule has 1 N–H and O–H groups in total. The van der Waals surface area contributed by atoms with Gasteiger partial charge in [0.05, 0.1) is 10.3 Å². The number of carboxylic acid groups (broad SMARTS) is 1. The Kier molecular flexibility index (Phi) is 5.53. The zero-order valence-electron chi connectivity index (χ0n) is 11.8. The molecule has 0 aliphatic carbocycles. The number of carboxylic acids is 1. The second kappa shape index (κ2) is 7.18. The molecule has 1 aliphatic rings. The molecule has 2 rings (SSSR count). The summed E-state index contributed by atoms with van der Waals surface area (Å²) in [6.45, 7) is 2.31. The molecule has 1 fully saturated rings. The van der Waals surface area contributed by atoms with Crippen molar-refractivity contribution in [1.82, 2.24) is 4.90 Å². The van der Waals surface area contributed by atoms with Crippen molar-refractivity contribution in [3.8, 4) is 0 Å². The summed E-state index contributed by atoms with van der Waals surface area (Å²) in [6, 6.07) is 6.65. The van der Waals surface area contributed by atoms with E-state index in [4.69, 9.17) is 11.6 Å². The maximum atomic E-state index is 12.5. The number of nitrogens with zero attached hydrogens (tertiary/aromatic N) is 1. The molecule has 1 heterocycles. The Labute approximate surface area is 133 Å². The van der Waals surface area contributed by atoms with Gasteiger partial charge < -0.3 is 10.0 Å². The second-order valence-electron chi connectivity index (χ2n) is 5.07. The first-order chi connectivity index (χ1) is 10.0. The average Bonchev–Trinajstić information content (AvgIpc) is 2.48. The molecule has 2 unspecified atom stereocenters. The number of amides is 1. The SMILES string of the molecule is CC(Sc1ccccc1Cl)C(=O)N1CCCCC1C(=O)O. The summed E-state index contributed by atoms with van der Waals surface area (Å²) in [6.07, 6.45) is 2.25. The van der Waals surface area contributed by atoms with Gasteiger partial charge in [-0.25, -0.2) is 4.79 Å². The highest BCUT2D eigenvalue weighted by Crippen LogP contribution is 2.31. The van der Waals surface area contributed by atoms with Crippen molar-refractivity contribution >= 4 is 35.2 Å². The Bertz CT molecular complexity index is 537. The first kappa shape index (κ1) is 16.2. The highest BCUT2D eigenvalue weighted by molar-refractivity contribution is 8.00. The number of carbonyl (C=O) groups excluding carboxylic acids is 1. The lowest BCUT2D eigenvalue weighted by Gasteiger charge is -2.34. The number of hydrogen-bond donors (Lipinski definition) is 1. The second-order valence-corrected chi connectivity index (χ2v) is 6.86. The Balaban J connectivity index is 2.07. The molecule has 6 heteroatoms. The van der Waals surface area contributed by atoms with Gasteiger partial charge in [0.2, 0.25) is 5.91 Å². The molecule has 21 heavy (non-hydrogen) atoms. The predicted octanol–water partition coefficient (Wildman–Crippen LogP) is 3.29. The lowest BCUT2D eigenvalue weighted by molar-refractivity contribution is -0.151. The molecule has 1 aromatic rings. The van der Waals surface area contributed by atoms with E-state index in [0.717, 1.165) is 17.7 Å². The maximum Gasteiger partial charge on any atom is 0.326 e. The van der Waals surface area contributed by atoms with Gasteiger partial charge in [-0.15, -0.1) is 11.8 Å². The summed E-state index contributed by atoms with van der Waals surface area (Å²) in [4.78, 5) is 26.1. The van der Waals surface area contributed by atoms with E-state index in [0.29, 0.717) is 18.0 Å². The van der Waals surface area contributed by atoms with E-state index in [1.165, 1.54) is 16.7 Å². The molecule has 1 saturated heterocycles. The van der Waals surface area contributed by atoms with Crippen LogP contribution in [-0.4, -0.2) is 39.7 Å². The Morgan fingerprint density at radius 1 is 1.38 bits per heavy atom. The summed E-state index contributed by atoms with van der Waals surface area (Å²) in [5, 5.41) is 9.50. The number of thioether (sulfide) groups is 1. The average molecular weight is 328 g/mol. The van der Waals surface area contributed by atoms with Crippen LogP contribution in [0.25, 0.3) is 0 Å². The highest BCUT2D eigenvalue weighted by Gasteiger charge is 2.34. The van der Waals surface area contributed by atoms with E-state index in [9.17, 15) is 14.7 Å². The van der Waals surface area contributed by atoms with Crippen LogP contribution in [0, 0.1) is 0 Å². The summed E-state index contributed by atoms with van der Waals surface area (Å²) >= 11 is 7.47. The molecular formula is C15H18ClNO3S. The summed E-state index contributed by atoms with van der Waals surface area (Å²) in [7, 11) is 0. The van der Waals surface area contributed by atoms with Crippen LogP contribution in [-0.2, 0) is 9.59 Å². The quantitative estimate of drug-likeness (QED) is 0.862. The molecule has 0 bridgehead atoms. The van der Waals surface area contributed by atoms with Gasteiger partial charge in [-0.05, 0) is 38.3 Å². The Hall–Kier alpha value is -1.20. The normalized spacial score (nSPS) is 20.1. The van der Waals surface area contributed by atoms with Gasteiger partial charge >= 0.3 is 5.97 Å². The zero-order chi connectivity index (χ0) is 15.4. The van der Waals surface area contributed by atoms with Crippen molar-refractivity contribution in [3.63, 3.8) is 0 Å². The van der Waals surface area contributed by atoms with E-state index in [-0.39, 0.29) is 11.2 Å². The molecule has 2 atom stereocenters. The largest absolute Gasteiger partial charge is 0.480 e. The van der Waals surface area contributed by atoms with Crippen LogP contribution in [0.4, 0.5) is 0 Å². The number of carbonyl (C=O) groups is 2. The smallest absolute Gasteiger partial charge is 0.326 e. The van der Waals surface area contributed by atoms with Gasteiger partial charge in [0, 0.05) is 11.4 Å². The van der Waals surface area contributed by atoms with Crippen LogP contribution in [0.5, 0.6) is 0 Å². The standard InChI is InChI=1S/C15H18ClNO3S/c1-10(21-13-8-3-2-6-11(13)16)14(18)17-9-5-4-7-12(17)15(19)20/h2-3,6,8,10,12H,4-5,7,9H2,1H3,(H,19,20). The molecule has 114 valence electrons. The fourth-order valence-electron chi connectivity index (χ4n) is 2.47. The minimum absolute atomic E-state index is 0.132. The molecule has 1 aromatic carbocycles. The fourth-order valence-corrected chi connectivity index (χ4v) is 3.69. The monoisotopic (exact) mass is 327 g/mol. The van der Waals surface area contributed by atoms with E-state index >= 15 is 0 Å². The van der Waals surface area contributed by atoms with Crippen LogP contribution in [0.2, 0.25) is 5.02 Å². The fraction of sp³-hybridized carbons (Fsp3) is 0.467. The third-order valence-electron chi connectivity index (χ3n) is 3.56. The summed E-state index contributed by atoms with van der Waals surface area (Å²) in [5.74, 6) is -1.05. The van der Waals surface area contributed by atoms with Gasteiger partial charge in [0.15, 0.2) is 0 Å². The van der Waals surface area contributed by atoms with Crippen molar-refractivity contribution in [1.29, 1.82) is 0 Å². The van der Waals surface area contributed by atoms with Crippen LogP contribution >= 0.6 is 23.4 Å². The van der Waals surface area contributed by atoms with Gasteiger partial charge in [-0.1, -0.05) is 23.7 Å². The molecular weight excluding hydrogens is 310 g/mol. The first-order valence-electron chi connectivity index (χ1n) is 6.95. The summed E-state index contributed by atoms with van der Waals surface area (Å²) in [5.41, 5.74) is 0. The number of rotatable bonds is 4. The van der Waals surface area contributed by atoms with Crippen LogP contribution < -0.4 is 0 Å². The molecule has 4 nitrogen and oxygen atoms in total. The third kappa shape index (κ3) is 3.92. The number of benzene rings is 1. The topological polar surface area (TPSA) is 57.6 Å². The van der Waals surface area contributed by atoms with E-state index < -0.39 is 12.0 Å². The van der Waals surface area contributed by atoms with Crippen molar-refractivity contribution in [2.45, 2.75) is 42.4 Å². The predicted molar refractivity (Wildman–Crippen MR) is 83.8 cm³/mol. The number of likely N-dealkylation sites (tertiary alicyclic amines) is 1. The molecule has 1 aliphatic heterocycles. The minimum atomic E-state index is -0.919. The highest BCUT2D eigenvalue weighted by atomic mass is 35.5. The Morgan fingerprint density at radius 3 is 2.76 bits per heavy atom. The van der Waals surface area contributed by atoms with Crippen LogP contribution in [0.15, 0.2) is 29.2 Å². The number of piperidine rings is 1. The minimum Gasteiger partial charge on any atom is -0.480 e. The van der Waals surface area contributed by atoms with Gasteiger partial charge in [-0.2, -0.15) is 0 Å². The molecule has 0 saturated carbocycles. The zero-order valence-corrected chi connectivity index (χ0v) is 13.4. The number of aliphatic carboxylic acids is 1. The van der Waals surface area contributed by atoms with Gasteiger partial charge in [0.25, 0.3) is 0 Å². The number of hydrogen-bond acceptors (Lipinski definition) is 3. The maximum absolute atomic E-state index is 12.5. The van der Waals surface area contributed by atoms with Crippen molar-refractivity contribution < 1.29 is 14.7 Å². The van der Waals surface area contributed by atoms with Crippen molar-refractivity contribution in [2.24, 2.45) is 0 Å². The first-order valence-corrected chi connectivity index (χ1v) is 8.21. The van der Waals surface area contributed by atoms with Gasteiger partial charge in [0.1, 0.15) is 6.04 Å². The lowest BCUT2D eigenvalue weighted by Crippen LogP contribution is -2.50.